The summed E-state index contributed by atoms with van der Waals surface area (Å²) in [7, 11) is -1.08. The largest absolute Gasteiger partial charge is 0.356 e. The predicted octanol–water partition coefficient (Wildman–Crippen LogP) is 1.45. The summed E-state index contributed by atoms with van der Waals surface area (Å²) in [5.74, 6) is 1.54. The van der Waals surface area contributed by atoms with Crippen molar-refractivity contribution in [1.82, 2.24) is 10.6 Å². The quantitative estimate of drug-likeness (QED) is 0.416. The highest BCUT2D eigenvalue weighted by molar-refractivity contribution is 14.0. The molecule has 0 aromatic heterocycles. The van der Waals surface area contributed by atoms with Gasteiger partial charge in [-0.1, -0.05) is 30.3 Å². The Morgan fingerprint density at radius 3 is 2.59 bits per heavy atom. The highest BCUT2D eigenvalue weighted by Crippen LogP contribution is 2.17. The third-order valence-corrected chi connectivity index (χ3v) is 5.49. The number of sulfone groups is 1. The van der Waals surface area contributed by atoms with Gasteiger partial charge >= 0.3 is 0 Å². The molecular weight excluding hydrogens is 413 g/mol. The van der Waals surface area contributed by atoms with Crippen LogP contribution in [0.2, 0.25) is 0 Å². The van der Waals surface area contributed by atoms with E-state index in [0.717, 1.165) is 25.3 Å². The zero-order chi connectivity index (χ0) is 15.1. The lowest BCUT2D eigenvalue weighted by Crippen LogP contribution is -2.40. The maximum atomic E-state index is 11.4. The van der Waals surface area contributed by atoms with E-state index in [0.29, 0.717) is 18.1 Å². The van der Waals surface area contributed by atoms with E-state index in [2.05, 4.69) is 27.8 Å². The van der Waals surface area contributed by atoms with Gasteiger partial charge in [-0.25, -0.2) is 8.42 Å². The van der Waals surface area contributed by atoms with E-state index in [1.165, 1.54) is 5.56 Å². The summed E-state index contributed by atoms with van der Waals surface area (Å²) < 4.78 is 22.8. The lowest BCUT2D eigenvalue weighted by atomic mass is 10.1. The fraction of sp³-hybridized carbons (Fsp3) is 0.533. The van der Waals surface area contributed by atoms with Gasteiger partial charge in [0.2, 0.25) is 0 Å². The third kappa shape index (κ3) is 6.51. The van der Waals surface area contributed by atoms with Crippen LogP contribution in [-0.4, -0.2) is 46.0 Å². The average Bonchev–Trinajstić information content (AvgIpc) is 2.83. The molecule has 1 saturated heterocycles. The van der Waals surface area contributed by atoms with Gasteiger partial charge in [-0.2, -0.15) is 0 Å². The van der Waals surface area contributed by atoms with E-state index >= 15 is 0 Å². The second-order valence-electron chi connectivity index (χ2n) is 5.38. The zero-order valence-corrected chi connectivity index (χ0v) is 15.9. The Morgan fingerprint density at radius 2 is 2.00 bits per heavy atom. The molecule has 1 aliphatic heterocycles. The number of guanidine groups is 1. The van der Waals surface area contributed by atoms with Gasteiger partial charge < -0.3 is 10.6 Å². The van der Waals surface area contributed by atoms with Crippen molar-refractivity contribution in [1.29, 1.82) is 0 Å². The molecule has 1 aliphatic rings. The topological polar surface area (TPSA) is 70.6 Å². The SMILES string of the molecule is CN=C(NCCc1ccccc1)NCC1CCS(=O)(=O)C1.I. The third-order valence-electron chi connectivity index (χ3n) is 3.66. The van der Waals surface area contributed by atoms with Gasteiger partial charge in [0.15, 0.2) is 15.8 Å². The molecule has 0 bridgehead atoms. The second kappa shape index (κ2) is 9.34. The molecule has 0 aliphatic carbocycles. The van der Waals surface area contributed by atoms with Crippen molar-refractivity contribution in [2.45, 2.75) is 12.8 Å². The molecule has 0 radical (unpaired) electrons. The monoisotopic (exact) mass is 437 g/mol. The first-order chi connectivity index (χ1) is 10.1. The lowest BCUT2D eigenvalue weighted by molar-refractivity contribution is 0.567. The Bertz CT molecular complexity index is 576. The minimum atomic E-state index is -2.80. The molecule has 5 nitrogen and oxygen atoms in total. The Morgan fingerprint density at radius 1 is 1.27 bits per heavy atom. The molecule has 1 unspecified atom stereocenters. The summed E-state index contributed by atoms with van der Waals surface area (Å²) in [5.41, 5.74) is 1.28. The van der Waals surface area contributed by atoms with Crippen LogP contribution in [0, 0.1) is 5.92 Å². The van der Waals surface area contributed by atoms with E-state index in [-0.39, 0.29) is 29.9 Å². The van der Waals surface area contributed by atoms with Crippen LogP contribution in [0.25, 0.3) is 0 Å². The highest BCUT2D eigenvalue weighted by Gasteiger charge is 2.27. The van der Waals surface area contributed by atoms with Crippen LogP contribution in [0.1, 0.15) is 12.0 Å². The molecule has 22 heavy (non-hydrogen) atoms. The Balaban J connectivity index is 0.00000242. The Labute approximate surface area is 149 Å². The number of hydrogen-bond acceptors (Lipinski definition) is 3. The molecule has 1 atom stereocenters. The number of rotatable bonds is 5. The van der Waals surface area contributed by atoms with Crippen LogP contribution in [0.5, 0.6) is 0 Å². The summed E-state index contributed by atoms with van der Waals surface area (Å²) >= 11 is 0. The van der Waals surface area contributed by atoms with Gasteiger partial charge in [0.05, 0.1) is 11.5 Å². The van der Waals surface area contributed by atoms with Gasteiger partial charge in [-0.15, -0.1) is 24.0 Å². The van der Waals surface area contributed by atoms with E-state index < -0.39 is 9.84 Å². The summed E-state index contributed by atoms with van der Waals surface area (Å²) in [6.07, 6.45) is 1.68. The summed E-state index contributed by atoms with van der Waals surface area (Å²) in [4.78, 5) is 4.16. The predicted molar refractivity (Wildman–Crippen MR) is 102 cm³/mol. The van der Waals surface area contributed by atoms with E-state index in [1.54, 1.807) is 7.05 Å². The van der Waals surface area contributed by atoms with Crippen molar-refractivity contribution in [2.75, 3.05) is 31.6 Å². The van der Waals surface area contributed by atoms with Crippen molar-refractivity contribution in [2.24, 2.45) is 10.9 Å². The first-order valence-corrected chi connectivity index (χ1v) is 9.10. The second-order valence-corrected chi connectivity index (χ2v) is 7.61. The van der Waals surface area contributed by atoms with Gasteiger partial charge in [-0.05, 0) is 24.3 Å². The molecule has 1 heterocycles. The average molecular weight is 437 g/mol. The van der Waals surface area contributed by atoms with Crippen molar-refractivity contribution in [3.8, 4) is 0 Å². The fourth-order valence-corrected chi connectivity index (χ4v) is 4.33. The summed E-state index contributed by atoms with van der Waals surface area (Å²) in [6, 6.07) is 10.3. The van der Waals surface area contributed by atoms with Crippen LogP contribution >= 0.6 is 24.0 Å². The Hall–Kier alpha value is -0.830. The number of aliphatic imine (C=N–C) groups is 1. The van der Waals surface area contributed by atoms with Crippen LogP contribution in [0.15, 0.2) is 35.3 Å². The minimum absolute atomic E-state index is 0. The number of hydrogen-bond donors (Lipinski definition) is 2. The maximum absolute atomic E-state index is 11.4. The molecule has 2 N–H and O–H groups in total. The lowest BCUT2D eigenvalue weighted by Gasteiger charge is -2.14. The van der Waals surface area contributed by atoms with Crippen LogP contribution in [0.3, 0.4) is 0 Å². The van der Waals surface area contributed by atoms with Crippen LogP contribution in [0.4, 0.5) is 0 Å². The smallest absolute Gasteiger partial charge is 0.190 e. The molecule has 0 amide bonds. The van der Waals surface area contributed by atoms with E-state index in [4.69, 9.17) is 0 Å². The van der Waals surface area contributed by atoms with Gasteiger partial charge in [0, 0.05) is 20.1 Å². The summed E-state index contributed by atoms with van der Waals surface area (Å²) in [6.45, 7) is 1.46. The molecular formula is C15H24IN3O2S. The first kappa shape index (κ1) is 19.2. The molecule has 0 saturated carbocycles. The summed E-state index contributed by atoms with van der Waals surface area (Å²) in [5, 5.41) is 6.46. The fourth-order valence-electron chi connectivity index (χ4n) is 2.46. The molecule has 7 heteroatoms. The Kier molecular flexibility index (Phi) is 8.16. The molecule has 0 spiro atoms. The normalized spacial score (nSPS) is 20.2. The van der Waals surface area contributed by atoms with E-state index in [9.17, 15) is 8.42 Å². The van der Waals surface area contributed by atoms with Crippen molar-refractivity contribution >= 4 is 39.8 Å². The molecule has 1 fully saturated rings. The van der Waals surface area contributed by atoms with E-state index in [1.807, 2.05) is 18.2 Å². The minimum Gasteiger partial charge on any atom is -0.356 e. The van der Waals surface area contributed by atoms with Gasteiger partial charge in [0.25, 0.3) is 0 Å². The van der Waals surface area contributed by atoms with Crippen LogP contribution < -0.4 is 10.6 Å². The molecule has 2 rings (SSSR count). The number of benzene rings is 1. The van der Waals surface area contributed by atoms with Crippen molar-refractivity contribution in [3.63, 3.8) is 0 Å². The standard InChI is InChI=1S/C15H23N3O2S.HI/c1-16-15(17-9-7-13-5-3-2-4-6-13)18-11-14-8-10-21(19,20)12-14;/h2-6,14H,7-12H2,1H3,(H2,16,17,18);1H. The molecule has 1 aromatic carbocycles. The first-order valence-electron chi connectivity index (χ1n) is 7.28. The highest BCUT2D eigenvalue weighted by atomic mass is 127. The number of halogens is 1. The molecule has 124 valence electrons. The number of nitrogens with zero attached hydrogens (tertiary/aromatic N) is 1. The van der Waals surface area contributed by atoms with Gasteiger partial charge in [0.1, 0.15) is 0 Å². The number of nitrogens with one attached hydrogen (secondary N) is 2. The van der Waals surface area contributed by atoms with Crippen LogP contribution in [-0.2, 0) is 16.3 Å². The zero-order valence-electron chi connectivity index (χ0n) is 12.8. The van der Waals surface area contributed by atoms with Gasteiger partial charge in [-0.3, -0.25) is 4.99 Å². The van der Waals surface area contributed by atoms with Crippen molar-refractivity contribution in [3.05, 3.63) is 35.9 Å². The molecule has 1 aromatic rings. The maximum Gasteiger partial charge on any atom is 0.190 e. The van der Waals surface area contributed by atoms with Crippen molar-refractivity contribution < 1.29 is 8.42 Å².